The number of hydrogen-bond donors (Lipinski definition) is 0. The molecule has 0 amide bonds. The second-order valence-electron chi connectivity index (χ2n) is 14.8. The van der Waals surface area contributed by atoms with Crippen molar-refractivity contribution in [2.24, 2.45) is 28.2 Å². The van der Waals surface area contributed by atoms with Gasteiger partial charge < -0.3 is 4.42 Å². The highest BCUT2D eigenvalue weighted by atomic mass is 16.3. The number of aromatic nitrogens is 13. The molecule has 10 rings (SSSR count). The van der Waals surface area contributed by atoms with E-state index in [2.05, 4.69) is 76.0 Å². The van der Waals surface area contributed by atoms with E-state index in [1.807, 2.05) is 265 Å². The maximum atomic E-state index is 5.94. The van der Waals surface area contributed by atoms with Gasteiger partial charge in [0, 0.05) is 70.4 Å². The average molecular weight is 1110 g/mol. The smallest absolute Gasteiger partial charge is 0.286 e. The second-order valence-corrected chi connectivity index (χ2v) is 14.8. The van der Waals surface area contributed by atoms with Crippen molar-refractivity contribution in [2.45, 2.75) is 152 Å². The maximum Gasteiger partial charge on any atom is 0.286 e. The highest BCUT2D eigenvalue weighted by Gasteiger charge is 2.15. The van der Waals surface area contributed by atoms with Crippen LogP contribution in [0.5, 0.6) is 0 Å². The van der Waals surface area contributed by atoms with Gasteiger partial charge >= 0.3 is 0 Å². The molecule has 0 atom stereocenters. The summed E-state index contributed by atoms with van der Waals surface area (Å²) in [6.45, 7) is 44.1. The Morgan fingerprint density at radius 1 is 0.333 bits per heavy atom. The molecule has 0 aliphatic carbocycles. The number of nitrogens with zero attached hydrogens (tertiary/aromatic N) is 13. The molecule has 14 nitrogen and oxygen atoms in total. The normalized spacial score (nSPS) is 8.86. The van der Waals surface area contributed by atoms with Gasteiger partial charge in [-0.05, 0) is 69.2 Å². The van der Waals surface area contributed by atoms with Gasteiger partial charge in [-0.15, -0.1) is 0 Å². The molecule has 2 aromatic carbocycles. The number of hydrogen-bond acceptors (Lipinski definition) is 10. The van der Waals surface area contributed by atoms with E-state index in [0.29, 0.717) is 0 Å². The van der Waals surface area contributed by atoms with E-state index in [4.69, 9.17) is 4.42 Å². The Morgan fingerprint density at radius 2 is 0.753 bits per heavy atom. The zero-order valence-corrected chi connectivity index (χ0v) is 54.7. The summed E-state index contributed by atoms with van der Waals surface area (Å²) in [6.07, 6.45) is 22.8. The lowest BCUT2D eigenvalue weighted by Gasteiger charge is -2.06. The van der Waals surface area contributed by atoms with Crippen molar-refractivity contribution in [1.82, 2.24) is 44.9 Å². The first-order chi connectivity index (χ1) is 39.6. The van der Waals surface area contributed by atoms with Gasteiger partial charge in [-0.3, -0.25) is 4.98 Å². The standard InChI is InChI=1S/C18H15N2O.C11H12N3.2C10H11N4.9C2H6/c1-12-9-18-15(13-5-3-4-6-17(13)21-18)10-14(12)16-7-8-19-11-20(16)2;1-9-10(4-3-6-13-9)11-5-7-12-8-14(11)2;1-8-9(5-12-6-13-8)10-3-4-11-7-14(10)2;1-8-5-12-6-13-10(8)9-3-4-11-7-14(9)2;9*1-2/h3-11H,1-2H3;3-8H,1-2H3;2*3-7H,1-2H3;9*1-2H3/q4*+1;;;;;;;;;. The molecule has 0 unspecified atom stereocenters. The maximum absolute atomic E-state index is 5.94. The Hall–Kier alpha value is -8.13. The van der Waals surface area contributed by atoms with Gasteiger partial charge in [0.2, 0.25) is 0 Å². The van der Waals surface area contributed by atoms with Crippen LogP contribution in [0.15, 0.2) is 159 Å². The van der Waals surface area contributed by atoms with Crippen LogP contribution in [0.4, 0.5) is 0 Å². The van der Waals surface area contributed by atoms with Crippen LogP contribution in [0.1, 0.15) is 147 Å². The van der Waals surface area contributed by atoms with E-state index in [1.54, 1.807) is 56.4 Å². The van der Waals surface area contributed by atoms with Gasteiger partial charge in [0.15, 0.2) is 5.69 Å². The lowest BCUT2D eigenvalue weighted by atomic mass is 10.0. The molecule has 0 aliphatic rings. The summed E-state index contributed by atoms with van der Waals surface area (Å²) in [7, 11) is 7.90. The SMILES string of the molecule is CC.CC.CC.CC.CC.CC.CC.CC.CC.Cc1cc2oc3ccccc3c2cc1-c1ccnc[n+]1C.Cc1cncnc1-c1ccnc[n+]1C.Cc1ncccc1-c1ccnc[n+]1C.Cc1ncncc1-c1ccnc[n+]1C. The van der Waals surface area contributed by atoms with Crippen LogP contribution in [0.25, 0.3) is 67.1 Å². The zero-order chi connectivity index (χ0) is 62.3. The molecule has 0 saturated carbocycles. The number of furan rings is 1. The van der Waals surface area contributed by atoms with Crippen molar-refractivity contribution >= 4 is 21.9 Å². The van der Waals surface area contributed by atoms with E-state index in [-0.39, 0.29) is 0 Å². The molecule has 10 aromatic rings. The van der Waals surface area contributed by atoms with Crippen molar-refractivity contribution in [1.29, 1.82) is 0 Å². The summed E-state index contributed by atoms with van der Waals surface area (Å²) in [5.74, 6) is 0. The fourth-order valence-electron chi connectivity index (χ4n) is 7.03. The summed E-state index contributed by atoms with van der Waals surface area (Å²) in [5.41, 5.74) is 14.9. The topological polar surface area (TPSA) is 145 Å². The molecule has 8 heterocycles. The Labute approximate surface area is 489 Å². The van der Waals surface area contributed by atoms with Gasteiger partial charge in [0.1, 0.15) is 71.4 Å². The summed E-state index contributed by atoms with van der Waals surface area (Å²) in [6, 6.07) is 24.4. The number of rotatable bonds is 4. The number of pyridine rings is 1. The third kappa shape index (κ3) is 24.4. The Bertz CT molecular complexity index is 2820. The highest BCUT2D eigenvalue weighted by Crippen LogP contribution is 2.33. The van der Waals surface area contributed by atoms with Crippen LogP contribution >= 0.6 is 0 Å². The van der Waals surface area contributed by atoms with Crippen molar-refractivity contribution in [2.75, 3.05) is 0 Å². The molecule has 8 aromatic heterocycles. The Morgan fingerprint density at radius 3 is 1.21 bits per heavy atom. The van der Waals surface area contributed by atoms with Crippen molar-refractivity contribution in [3.05, 3.63) is 177 Å². The lowest BCUT2D eigenvalue weighted by Crippen LogP contribution is -2.31. The second kappa shape index (κ2) is 47.8. The zero-order valence-electron chi connectivity index (χ0n) is 54.7. The molecule has 14 heteroatoms. The minimum absolute atomic E-state index is 0.933. The van der Waals surface area contributed by atoms with E-state index in [0.717, 1.165) is 78.5 Å². The number of aryl methyl sites for hydroxylation is 8. The molecule has 0 aliphatic heterocycles. The van der Waals surface area contributed by atoms with Gasteiger partial charge in [0.25, 0.3) is 25.3 Å². The largest absolute Gasteiger partial charge is 0.456 e. The van der Waals surface area contributed by atoms with Crippen LogP contribution in [0.3, 0.4) is 0 Å². The third-order valence-electron chi connectivity index (χ3n) is 10.4. The van der Waals surface area contributed by atoms with Crippen molar-refractivity contribution in [3.8, 4) is 45.2 Å². The van der Waals surface area contributed by atoms with Crippen LogP contribution in [-0.2, 0) is 28.2 Å². The summed E-state index contributed by atoms with van der Waals surface area (Å²) in [4.78, 5) is 36.9. The number of benzene rings is 2. The van der Waals surface area contributed by atoms with Crippen molar-refractivity contribution in [3.63, 3.8) is 0 Å². The van der Waals surface area contributed by atoms with E-state index in [1.165, 1.54) is 11.1 Å². The summed E-state index contributed by atoms with van der Waals surface area (Å²) < 4.78 is 13.9. The molecular weight excluding hydrogens is 1000 g/mol. The van der Waals surface area contributed by atoms with E-state index < -0.39 is 0 Å². The number of para-hydroxylation sites is 1. The van der Waals surface area contributed by atoms with Crippen LogP contribution in [0.2, 0.25) is 0 Å². The number of fused-ring (bicyclic) bond motifs is 3. The first kappa shape index (κ1) is 77.1. The molecule has 0 saturated heterocycles. The first-order valence-corrected chi connectivity index (χ1v) is 29.2. The molecule has 0 radical (unpaired) electrons. The molecule has 0 N–H and O–H groups in total. The van der Waals surface area contributed by atoms with Gasteiger partial charge in [-0.1, -0.05) is 163 Å². The van der Waals surface area contributed by atoms with Crippen molar-refractivity contribution < 1.29 is 22.7 Å². The lowest BCUT2D eigenvalue weighted by molar-refractivity contribution is -0.663. The van der Waals surface area contributed by atoms with Gasteiger partial charge in [0.05, 0.1) is 39.4 Å². The average Bonchev–Trinajstić information content (AvgIpc) is 3.91. The van der Waals surface area contributed by atoms with Crippen LogP contribution in [-0.4, -0.2) is 44.9 Å². The fourth-order valence-corrected chi connectivity index (χ4v) is 7.03. The molecule has 0 bridgehead atoms. The first-order valence-electron chi connectivity index (χ1n) is 29.2. The predicted molar refractivity (Wildman–Crippen MR) is 341 cm³/mol. The molecule has 81 heavy (non-hydrogen) atoms. The monoisotopic (exact) mass is 1110 g/mol. The Balaban J connectivity index is -0.000000925. The van der Waals surface area contributed by atoms with Gasteiger partial charge in [-0.25, -0.2) is 38.2 Å². The quantitative estimate of drug-likeness (QED) is 0.156. The Kier molecular flexibility index (Phi) is 45.5. The molecule has 0 fully saturated rings. The summed E-state index contributed by atoms with van der Waals surface area (Å²) in [5, 5.41) is 2.31. The minimum Gasteiger partial charge on any atom is -0.456 e. The van der Waals surface area contributed by atoms with Crippen LogP contribution in [0, 0.1) is 27.7 Å². The van der Waals surface area contributed by atoms with Crippen LogP contribution < -0.4 is 18.3 Å². The van der Waals surface area contributed by atoms with Gasteiger partial charge in [-0.2, -0.15) is 0 Å². The molecular formula is C67H103N13O+4. The highest BCUT2D eigenvalue weighted by molar-refractivity contribution is 6.06. The van der Waals surface area contributed by atoms with E-state index >= 15 is 0 Å². The summed E-state index contributed by atoms with van der Waals surface area (Å²) >= 11 is 0. The van der Waals surface area contributed by atoms with E-state index in [9.17, 15) is 0 Å². The third-order valence-corrected chi connectivity index (χ3v) is 10.4. The molecule has 0 spiro atoms. The molecule has 438 valence electrons. The predicted octanol–water partition coefficient (Wildman–Crippen LogP) is 15.6. The minimum atomic E-state index is 0.933. The fraction of sp³-hybridized carbons (Fsp3) is 0.388.